The molecule has 1 aliphatic rings. The molecule has 2 aromatic rings. The number of phenolic OH excluding ortho intramolecular Hbond substituents is 1. The average Bonchev–Trinajstić information content (AvgIpc) is 2.61. The van der Waals surface area contributed by atoms with Crippen LogP contribution in [-0.2, 0) is 9.59 Å². The van der Waals surface area contributed by atoms with Crippen LogP contribution in [0.15, 0.2) is 48.0 Å². The first-order chi connectivity index (χ1) is 12.4. The van der Waals surface area contributed by atoms with E-state index in [-0.39, 0.29) is 22.2 Å². The van der Waals surface area contributed by atoms with E-state index in [1.165, 1.54) is 18.1 Å². The van der Waals surface area contributed by atoms with Crippen molar-refractivity contribution in [3.63, 3.8) is 0 Å². The van der Waals surface area contributed by atoms with Gasteiger partial charge in [-0.15, -0.1) is 0 Å². The van der Waals surface area contributed by atoms with E-state index >= 15 is 0 Å². The summed E-state index contributed by atoms with van der Waals surface area (Å²) in [5.41, 5.74) is 1.74. The number of nitrogens with one attached hydrogen (secondary N) is 1. The first-order valence-electron chi connectivity index (χ1n) is 7.76. The lowest BCUT2D eigenvalue weighted by Crippen LogP contribution is -2.54. The Hall–Kier alpha value is -3.19. The molecule has 2 amide bonds. The van der Waals surface area contributed by atoms with Crippen molar-refractivity contribution < 1.29 is 19.4 Å². The molecule has 2 N–H and O–H groups in total. The molecule has 0 spiro atoms. The van der Waals surface area contributed by atoms with E-state index in [0.29, 0.717) is 11.3 Å². The Morgan fingerprint density at radius 2 is 1.85 bits per heavy atom. The summed E-state index contributed by atoms with van der Waals surface area (Å²) in [5, 5.41) is 12.7. The summed E-state index contributed by atoms with van der Waals surface area (Å²) in [6.45, 7) is 1.93. The number of rotatable bonds is 3. The quantitative estimate of drug-likeness (QED) is 0.495. The number of para-hydroxylation sites is 1. The van der Waals surface area contributed by atoms with E-state index in [4.69, 9.17) is 17.0 Å². The molecule has 0 radical (unpaired) electrons. The standard InChI is InChI=1S/C19H16N2O4S/c1-11-6-8-13(9-7-11)21-18(24)14(17(23)20-19(21)26)10-12-4-3-5-15(25-2)16(12)22/h3-10,22H,1-2H3,(H,20,23,26)/b14-10+. The minimum Gasteiger partial charge on any atom is -0.504 e. The minimum absolute atomic E-state index is 0.0101. The van der Waals surface area contributed by atoms with Crippen molar-refractivity contribution in [2.24, 2.45) is 0 Å². The summed E-state index contributed by atoms with van der Waals surface area (Å²) in [4.78, 5) is 26.4. The molecule has 132 valence electrons. The van der Waals surface area contributed by atoms with Gasteiger partial charge in [-0.05, 0) is 43.4 Å². The van der Waals surface area contributed by atoms with Gasteiger partial charge in [-0.1, -0.05) is 29.8 Å². The summed E-state index contributed by atoms with van der Waals surface area (Å²) < 4.78 is 5.05. The number of carbonyl (C=O) groups is 2. The van der Waals surface area contributed by atoms with Crippen LogP contribution >= 0.6 is 12.2 Å². The lowest BCUT2D eigenvalue weighted by molar-refractivity contribution is -0.122. The van der Waals surface area contributed by atoms with Gasteiger partial charge in [0.15, 0.2) is 16.6 Å². The number of thiocarbonyl (C=S) groups is 1. The molecule has 0 aromatic heterocycles. The number of anilines is 1. The predicted molar refractivity (Wildman–Crippen MR) is 102 cm³/mol. The zero-order valence-corrected chi connectivity index (χ0v) is 15.0. The summed E-state index contributed by atoms with van der Waals surface area (Å²) in [6, 6.07) is 12.0. The fourth-order valence-electron chi connectivity index (χ4n) is 2.56. The number of methoxy groups -OCH3 is 1. The lowest BCUT2D eigenvalue weighted by Gasteiger charge is -2.29. The number of aromatic hydroxyl groups is 1. The topological polar surface area (TPSA) is 78.9 Å². The maximum atomic E-state index is 12.9. The highest BCUT2D eigenvalue weighted by Gasteiger charge is 2.34. The van der Waals surface area contributed by atoms with Crippen molar-refractivity contribution in [2.45, 2.75) is 6.92 Å². The zero-order chi connectivity index (χ0) is 18.8. The molecule has 0 aliphatic carbocycles. The van der Waals surface area contributed by atoms with Crippen LogP contribution in [0.1, 0.15) is 11.1 Å². The Balaban J connectivity index is 2.04. The summed E-state index contributed by atoms with van der Waals surface area (Å²) in [7, 11) is 1.42. The predicted octanol–water partition coefficient (Wildman–Crippen LogP) is 2.54. The molecule has 3 rings (SSSR count). The number of nitrogens with zero attached hydrogens (tertiary/aromatic N) is 1. The Morgan fingerprint density at radius 3 is 2.50 bits per heavy atom. The number of amides is 2. The molecule has 6 nitrogen and oxygen atoms in total. The van der Waals surface area contributed by atoms with Crippen LogP contribution in [0.25, 0.3) is 6.08 Å². The van der Waals surface area contributed by atoms with Gasteiger partial charge in [0.1, 0.15) is 5.57 Å². The molecule has 1 heterocycles. The highest BCUT2D eigenvalue weighted by molar-refractivity contribution is 7.80. The summed E-state index contributed by atoms with van der Waals surface area (Å²) in [5.74, 6) is -1.09. The van der Waals surface area contributed by atoms with E-state index in [2.05, 4.69) is 5.32 Å². The molecule has 0 unspecified atom stereocenters. The fourth-order valence-corrected chi connectivity index (χ4v) is 2.84. The van der Waals surface area contributed by atoms with E-state index in [1.807, 2.05) is 19.1 Å². The first-order valence-corrected chi connectivity index (χ1v) is 8.17. The van der Waals surface area contributed by atoms with Gasteiger partial charge in [0.05, 0.1) is 12.8 Å². The third-order valence-electron chi connectivity index (χ3n) is 3.94. The highest BCUT2D eigenvalue weighted by Crippen LogP contribution is 2.32. The number of ether oxygens (including phenoxy) is 1. The van der Waals surface area contributed by atoms with Gasteiger partial charge in [0, 0.05) is 5.56 Å². The van der Waals surface area contributed by atoms with E-state index in [0.717, 1.165) is 5.56 Å². The molecule has 0 saturated carbocycles. The van der Waals surface area contributed by atoms with Crippen molar-refractivity contribution >= 4 is 40.9 Å². The van der Waals surface area contributed by atoms with Crippen LogP contribution in [0.3, 0.4) is 0 Å². The monoisotopic (exact) mass is 368 g/mol. The normalized spacial score (nSPS) is 16.0. The van der Waals surface area contributed by atoms with Crippen molar-refractivity contribution in [2.75, 3.05) is 12.0 Å². The molecular formula is C19H16N2O4S. The summed E-state index contributed by atoms with van der Waals surface area (Å²) >= 11 is 5.16. The second kappa shape index (κ2) is 6.97. The van der Waals surface area contributed by atoms with Gasteiger partial charge in [-0.3, -0.25) is 19.8 Å². The molecule has 2 aromatic carbocycles. The van der Waals surface area contributed by atoms with Gasteiger partial charge < -0.3 is 9.84 Å². The van der Waals surface area contributed by atoms with Gasteiger partial charge in [0.2, 0.25) is 0 Å². The average molecular weight is 368 g/mol. The molecule has 1 saturated heterocycles. The molecule has 1 fully saturated rings. The molecule has 0 bridgehead atoms. The number of carbonyl (C=O) groups excluding carboxylic acids is 2. The third-order valence-corrected chi connectivity index (χ3v) is 4.23. The van der Waals surface area contributed by atoms with Crippen molar-refractivity contribution in [1.82, 2.24) is 5.32 Å². The van der Waals surface area contributed by atoms with Crippen molar-refractivity contribution in [3.8, 4) is 11.5 Å². The van der Waals surface area contributed by atoms with Crippen molar-refractivity contribution in [1.29, 1.82) is 0 Å². The first kappa shape index (κ1) is 17.6. The second-order valence-corrected chi connectivity index (χ2v) is 6.08. The largest absolute Gasteiger partial charge is 0.504 e. The van der Waals surface area contributed by atoms with Gasteiger partial charge in [-0.2, -0.15) is 0 Å². The minimum atomic E-state index is -0.620. The number of aryl methyl sites for hydroxylation is 1. The molecule has 7 heteroatoms. The smallest absolute Gasteiger partial charge is 0.270 e. The number of phenols is 1. The maximum Gasteiger partial charge on any atom is 0.270 e. The van der Waals surface area contributed by atoms with Crippen LogP contribution in [0, 0.1) is 6.92 Å². The molecule has 1 aliphatic heterocycles. The van der Waals surface area contributed by atoms with Crippen LogP contribution in [-0.4, -0.2) is 29.1 Å². The van der Waals surface area contributed by atoms with Gasteiger partial charge >= 0.3 is 0 Å². The number of benzene rings is 2. The Morgan fingerprint density at radius 1 is 1.15 bits per heavy atom. The van der Waals surface area contributed by atoms with E-state index in [9.17, 15) is 14.7 Å². The Bertz CT molecular complexity index is 935. The van der Waals surface area contributed by atoms with Crippen LogP contribution in [0.4, 0.5) is 5.69 Å². The number of hydrogen-bond acceptors (Lipinski definition) is 5. The Kier molecular flexibility index (Phi) is 4.73. The zero-order valence-electron chi connectivity index (χ0n) is 14.1. The van der Waals surface area contributed by atoms with Crippen LogP contribution in [0.2, 0.25) is 0 Å². The van der Waals surface area contributed by atoms with Gasteiger partial charge in [-0.25, -0.2) is 0 Å². The van der Waals surface area contributed by atoms with E-state index in [1.54, 1.807) is 30.3 Å². The SMILES string of the molecule is COc1cccc(/C=C2\C(=O)NC(=S)N(c3ccc(C)cc3)C2=O)c1O. The Labute approximate surface area is 155 Å². The molecular weight excluding hydrogens is 352 g/mol. The number of hydrogen-bond donors (Lipinski definition) is 2. The van der Waals surface area contributed by atoms with Crippen LogP contribution < -0.4 is 15.0 Å². The highest BCUT2D eigenvalue weighted by atomic mass is 32.1. The summed E-state index contributed by atoms with van der Waals surface area (Å²) in [6.07, 6.45) is 1.32. The molecule has 26 heavy (non-hydrogen) atoms. The fraction of sp³-hybridized carbons (Fsp3) is 0.105. The second-order valence-electron chi connectivity index (χ2n) is 5.69. The van der Waals surface area contributed by atoms with Crippen LogP contribution in [0.5, 0.6) is 11.5 Å². The molecule has 0 atom stereocenters. The maximum absolute atomic E-state index is 12.9. The van der Waals surface area contributed by atoms with Crippen molar-refractivity contribution in [3.05, 3.63) is 59.2 Å². The lowest BCUT2D eigenvalue weighted by atomic mass is 10.1. The van der Waals surface area contributed by atoms with Gasteiger partial charge in [0.25, 0.3) is 11.8 Å². The van der Waals surface area contributed by atoms with E-state index < -0.39 is 11.8 Å². The third kappa shape index (κ3) is 3.16.